The number of fused-ring (bicyclic) bond motifs is 2. The van der Waals surface area contributed by atoms with E-state index < -0.39 is 6.09 Å². The second kappa shape index (κ2) is 13.2. The van der Waals surface area contributed by atoms with Gasteiger partial charge in [0.1, 0.15) is 18.1 Å². The molecule has 1 saturated carbocycles. The van der Waals surface area contributed by atoms with Crippen molar-refractivity contribution in [3.05, 3.63) is 81.8 Å². The number of amides is 1. The van der Waals surface area contributed by atoms with E-state index in [2.05, 4.69) is 81.9 Å². The van der Waals surface area contributed by atoms with Gasteiger partial charge >= 0.3 is 6.09 Å². The van der Waals surface area contributed by atoms with E-state index in [-0.39, 0.29) is 17.7 Å². The molecule has 1 spiro atoms. The third-order valence-corrected chi connectivity index (χ3v) is 12.3. The predicted molar refractivity (Wildman–Crippen MR) is 209 cm³/mol. The molecule has 3 fully saturated rings. The van der Waals surface area contributed by atoms with Crippen LogP contribution in [0.5, 0.6) is 5.75 Å². The van der Waals surface area contributed by atoms with Crippen LogP contribution in [0.2, 0.25) is 5.02 Å². The molecule has 2 aliphatic heterocycles. The zero-order valence-corrected chi connectivity index (χ0v) is 32.3. The Labute approximate surface area is 319 Å². The monoisotopic (exact) mass is 747 g/mol. The third-order valence-electron chi connectivity index (χ3n) is 11.9. The first-order valence-corrected chi connectivity index (χ1v) is 19.4. The highest BCUT2D eigenvalue weighted by Gasteiger charge is 2.55. The summed E-state index contributed by atoms with van der Waals surface area (Å²) in [6.45, 7) is 13.5. The van der Waals surface area contributed by atoms with Gasteiger partial charge in [-0.3, -0.25) is 9.36 Å². The summed E-state index contributed by atoms with van der Waals surface area (Å²) in [7, 11) is 0. The van der Waals surface area contributed by atoms with E-state index in [0.717, 1.165) is 111 Å². The molecule has 12 heteroatoms. The molecule has 0 bridgehead atoms. The highest BCUT2D eigenvalue weighted by Crippen LogP contribution is 2.55. The fraction of sp³-hybridized carbons (Fsp3) is 0.429. The Kier molecular flexibility index (Phi) is 8.50. The summed E-state index contributed by atoms with van der Waals surface area (Å²) in [4.78, 5) is 13.1. The van der Waals surface area contributed by atoms with Gasteiger partial charge in [0.15, 0.2) is 6.23 Å². The van der Waals surface area contributed by atoms with E-state index in [1.54, 1.807) is 0 Å². The van der Waals surface area contributed by atoms with Crippen LogP contribution in [0.25, 0.3) is 44.2 Å². The van der Waals surface area contributed by atoms with Crippen molar-refractivity contribution in [1.29, 1.82) is 0 Å². The maximum absolute atomic E-state index is 11.6. The molecular weight excluding hydrogens is 702 g/mol. The molecule has 9 rings (SSSR count). The fourth-order valence-corrected chi connectivity index (χ4v) is 9.55. The minimum absolute atomic E-state index is 0.0329. The third kappa shape index (κ3) is 5.83. The van der Waals surface area contributed by atoms with E-state index in [9.17, 15) is 9.90 Å². The van der Waals surface area contributed by atoms with Crippen molar-refractivity contribution in [2.24, 2.45) is 5.41 Å². The smallest absolute Gasteiger partial charge is 0.407 e. The lowest BCUT2D eigenvalue weighted by atomic mass is 9.61. The molecule has 0 radical (unpaired) electrons. The molecule has 3 aliphatic rings. The standard InChI is InChI=1S/C42H46ClN7O4/c1-24-14-26(3)40(27(4)15-24)54-13-11-48-21-30-17-29(9-10-33(30)45-48)39-36(28(5)49(46-39)31-18-42(19-31)22-47(23-42)41(51)52)37-32-20-44-50(35-8-6-7-12-53-35)34(32)16-25(2)38(37)43/h9-10,14-17,20-21,31,35H,6-8,11-13,18-19,22-23H2,1-5H3,(H,51,52). The number of benzene rings is 3. The first-order valence-electron chi connectivity index (χ1n) is 19.0. The van der Waals surface area contributed by atoms with Crippen LogP contribution >= 0.6 is 11.6 Å². The van der Waals surface area contributed by atoms with Crippen LogP contribution in [0.1, 0.15) is 72.3 Å². The lowest BCUT2D eigenvalue weighted by molar-refractivity contribution is -0.0775. The van der Waals surface area contributed by atoms with E-state index in [4.69, 9.17) is 36.4 Å². The van der Waals surface area contributed by atoms with Gasteiger partial charge in [-0.1, -0.05) is 35.4 Å². The number of hydrogen-bond donors (Lipinski definition) is 1. The van der Waals surface area contributed by atoms with Gasteiger partial charge in [0.25, 0.3) is 0 Å². The van der Waals surface area contributed by atoms with E-state index in [0.29, 0.717) is 31.3 Å². The molecule has 1 N–H and O–H groups in total. The van der Waals surface area contributed by atoms with Crippen molar-refractivity contribution in [2.45, 2.75) is 85.5 Å². The van der Waals surface area contributed by atoms with E-state index in [1.165, 1.54) is 10.5 Å². The van der Waals surface area contributed by atoms with Gasteiger partial charge < -0.3 is 19.5 Å². The van der Waals surface area contributed by atoms with Gasteiger partial charge in [0.05, 0.1) is 34.8 Å². The maximum atomic E-state index is 11.6. The summed E-state index contributed by atoms with van der Waals surface area (Å²) < 4.78 is 18.6. The van der Waals surface area contributed by atoms with E-state index >= 15 is 0 Å². The van der Waals surface area contributed by atoms with Crippen LogP contribution in [0.3, 0.4) is 0 Å². The van der Waals surface area contributed by atoms with Crippen LogP contribution in [-0.2, 0) is 11.3 Å². The van der Waals surface area contributed by atoms with Crippen LogP contribution in [0.15, 0.2) is 48.8 Å². The number of carboxylic acid groups (broad SMARTS) is 1. The van der Waals surface area contributed by atoms with Crippen LogP contribution in [-0.4, -0.2) is 71.7 Å². The van der Waals surface area contributed by atoms with Crippen LogP contribution < -0.4 is 4.74 Å². The number of ether oxygens (including phenoxy) is 2. The molecule has 1 amide bonds. The summed E-state index contributed by atoms with van der Waals surface area (Å²) in [6, 6.07) is 12.9. The Bertz CT molecular complexity index is 2420. The molecule has 1 aliphatic carbocycles. The Morgan fingerprint density at radius 3 is 2.48 bits per heavy atom. The summed E-state index contributed by atoms with van der Waals surface area (Å²) in [5.74, 6) is 0.938. The molecule has 280 valence electrons. The molecule has 54 heavy (non-hydrogen) atoms. The number of hydrogen-bond acceptors (Lipinski definition) is 6. The van der Waals surface area contributed by atoms with Crippen LogP contribution in [0, 0.1) is 40.0 Å². The number of rotatable bonds is 8. The van der Waals surface area contributed by atoms with Crippen LogP contribution in [0.4, 0.5) is 4.79 Å². The zero-order chi connectivity index (χ0) is 37.5. The number of halogens is 1. The van der Waals surface area contributed by atoms with Gasteiger partial charge in [-0.25, -0.2) is 9.48 Å². The quantitative estimate of drug-likeness (QED) is 0.165. The van der Waals surface area contributed by atoms with Crippen molar-refractivity contribution < 1.29 is 19.4 Å². The Balaban J connectivity index is 1.09. The van der Waals surface area contributed by atoms with E-state index in [1.807, 2.05) is 15.6 Å². The molecule has 1 unspecified atom stereocenters. The second-order valence-corrected chi connectivity index (χ2v) is 16.3. The van der Waals surface area contributed by atoms with Gasteiger partial charge in [0.2, 0.25) is 0 Å². The first kappa shape index (κ1) is 34.9. The predicted octanol–water partition coefficient (Wildman–Crippen LogP) is 9.21. The summed E-state index contributed by atoms with van der Waals surface area (Å²) in [6.07, 6.45) is 7.92. The fourth-order valence-electron chi connectivity index (χ4n) is 9.30. The van der Waals surface area contributed by atoms with Crippen molar-refractivity contribution in [2.75, 3.05) is 26.3 Å². The number of carbonyl (C=O) groups is 1. The highest BCUT2D eigenvalue weighted by molar-refractivity contribution is 6.36. The van der Waals surface area contributed by atoms with Gasteiger partial charge in [-0.05, 0) is 102 Å². The topological polar surface area (TPSA) is 112 Å². The average Bonchev–Trinajstić information content (AvgIpc) is 3.80. The second-order valence-electron chi connectivity index (χ2n) is 15.9. The average molecular weight is 748 g/mol. The minimum atomic E-state index is -0.844. The summed E-state index contributed by atoms with van der Waals surface area (Å²) in [5.41, 5.74) is 11.2. The molecule has 2 saturated heterocycles. The van der Waals surface area contributed by atoms with Crippen molar-refractivity contribution in [3.8, 4) is 28.1 Å². The van der Waals surface area contributed by atoms with Crippen molar-refractivity contribution >= 4 is 39.5 Å². The Morgan fingerprint density at radius 1 is 0.981 bits per heavy atom. The highest BCUT2D eigenvalue weighted by atomic mass is 35.5. The van der Waals surface area contributed by atoms with Gasteiger partial charge in [-0.2, -0.15) is 15.3 Å². The summed E-state index contributed by atoms with van der Waals surface area (Å²) >= 11 is 7.32. The number of likely N-dealkylation sites (tertiary alicyclic amines) is 1. The molecular formula is C42H46ClN7O4. The minimum Gasteiger partial charge on any atom is -0.491 e. The lowest BCUT2D eigenvalue weighted by Gasteiger charge is -2.58. The molecule has 11 nitrogen and oxygen atoms in total. The molecule has 1 atom stereocenters. The van der Waals surface area contributed by atoms with Gasteiger partial charge in [-0.15, -0.1) is 0 Å². The SMILES string of the molecule is Cc1cc(C)c(OCCn2cc3cc(-c4nn(C5CC6(C5)CN(C(=O)O)C6)c(C)c4-c4c(Cl)c(C)cc5c4cnn5C4CCCCO4)ccc3n2)c(C)c1. The zero-order valence-electron chi connectivity index (χ0n) is 31.5. The summed E-state index contributed by atoms with van der Waals surface area (Å²) in [5, 5.41) is 27.3. The van der Waals surface area contributed by atoms with Crippen molar-refractivity contribution in [3.63, 3.8) is 0 Å². The van der Waals surface area contributed by atoms with Gasteiger partial charge in [0, 0.05) is 64.5 Å². The molecule has 3 aromatic heterocycles. The number of aryl methyl sites for hydroxylation is 4. The Hall–Kier alpha value is -4.87. The largest absolute Gasteiger partial charge is 0.491 e. The molecule has 6 aromatic rings. The lowest BCUT2D eigenvalue weighted by Crippen LogP contribution is -2.63. The normalized spacial score (nSPS) is 18.4. The maximum Gasteiger partial charge on any atom is 0.407 e. The molecule has 5 heterocycles. The number of nitrogens with zero attached hydrogens (tertiary/aromatic N) is 7. The van der Waals surface area contributed by atoms with Crippen molar-refractivity contribution in [1.82, 2.24) is 34.2 Å². The Morgan fingerprint density at radius 2 is 1.76 bits per heavy atom. The number of aromatic nitrogens is 6. The molecule has 3 aromatic carbocycles. The first-order chi connectivity index (χ1) is 26.0.